The van der Waals surface area contributed by atoms with Crippen molar-refractivity contribution in [3.8, 4) is 11.5 Å². The van der Waals surface area contributed by atoms with Crippen molar-refractivity contribution in [2.24, 2.45) is 0 Å². The van der Waals surface area contributed by atoms with Gasteiger partial charge in [0.25, 0.3) is 11.8 Å². The Hall–Kier alpha value is -3.72. The summed E-state index contributed by atoms with van der Waals surface area (Å²) in [5, 5.41) is 5.01. The van der Waals surface area contributed by atoms with E-state index in [1.54, 1.807) is 24.3 Å². The molecule has 0 fully saturated rings. The zero-order chi connectivity index (χ0) is 24.7. The standard InChI is InChI=1S/C24H20ClF3N2O4/c1-2-33-18-10-6-17(7-11-18)29-23(32)15-3-8-19(9-4-15)34-14-22(31)30-21-13-16(24(26,27)28)5-12-20(21)25/h3-13H,2,14H2,1H3,(H,29,32)(H,30,31). The van der Waals surface area contributed by atoms with Gasteiger partial charge in [0.1, 0.15) is 11.5 Å². The van der Waals surface area contributed by atoms with Crippen molar-refractivity contribution >= 4 is 34.8 Å². The van der Waals surface area contributed by atoms with Crippen molar-refractivity contribution in [3.05, 3.63) is 82.9 Å². The number of amides is 2. The van der Waals surface area contributed by atoms with Gasteiger partial charge in [-0.25, -0.2) is 0 Å². The Kier molecular flexibility index (Phi) is 8.01. The van der Waals surface area contributed by atoms with Crippen LogP contribution in [-0.2, 0) is 11.0 Å². The van der Waals surface area contributed by atoms with E-state index in [0.717, 1.165) is 18.2 Å². The van der Waals surface area contributed by atoms with E-state index in [2.05, 4.69) is 10.6 Å². The average molecular weight is 493 g/mol. The summed E-state index contributed by atoms with van der Waals surface area (Å²) < 4.78 is 49.2. The maximum atomic E-state index is 12.8. The van der Waals surface area contributed by atoms with Gasteiger partial charge in [0.15, 0.2) is 6.61 Å². The summed E-state index contributed by atoms with van der Waals surface area (Å²) in [4.78, 5) is 24.5. The van der Waals surface area contributed by atoms with Crippen molar-refractivity contribution in [3.63, 3.8) is 0 Å². The van der Waals surface area contributed by atoms with E-state index in [-0.39, 0.29) is 16.6 Å². The highest BCUT2D eigenvalue weighted by atomic mass is 35.5. The number of hydrogen-bond donors (Lipinski definition) is 2. The lowest BCUT2D eigenvalue weighted by molar-refractivity contribution is -0.137. The van der Waals surface area contributed by atoms with Crippen molar-refractivity contribution in [2.75, 3.05) is 23.8 Å². The Morgan fingerprint density at radius 1 is 0.882 bits per heavy atom. The van der Waals surface area contributed by atoms with Gasteiger partial charge in [0.05, 0.1) is 22.9 Å². The van der Waals surface area contributed by atoms with Crippen LogP contribution in [0.2, 0.25) is 5.02 Å². The monoisotopic (exact) mass is 492 g/mol. The predicted octanol–water partition coefficient (Wildman–Crippen LogP) is 6.03. The number of anilines is 2. The number of carbonyl (C=O) groups is 2. The molecule has 0 spiro atoms. The average Bonchev–Trinajstić information content (AvgIpc) is 2.80. The van der Waals surface area contributed by atoms with Crippen LogP contribution in [0.4, 0.5) is 24.5 Å². The maximum Gasteiger partial charge on any atom is 0.416 e. The topological polar surface area (TPSA) is 76.7 Å². The SMILES string of the molecule is CCOc1ccc(NC(=O)c2ccc(OCC(=O)Nc3cc(C(F)(F)F)ccc3Cl)cc2)cc1. The van der Waals surface area contributed by atoms with Crippen LogP contribution < -0.4 is 20.1 Å². The molecule has 0 saturated heterocycles. The fraction of sp³-hybridized carbons (Fsp3) is 0.167. The Bertz CT molecular complexity index is 1150. The second kappa shape index (κ2) is 10.9. The van der Waals surface area contributed by atoms with Crippen LogP contribution in [-0.4, -0.2) is 25.0 Å². The van der Waals surface area contributed by atoms with Crippen LogP contribution in [0.3, 0.4) is 0 Å². The van der Waals surface area contributed by atoms with Crippen molar-refractivity contribution in [2.45, 2.75) is 13.1 Å². The third-order valence-corrected chi connectivity index (χ3v) is 4.81. The molecule has 34 heavy (non-hydrogen) atoms. The number of ether oxygens (including phenoxy) is 2. The molecule has 0 aromatic heterocycles. The van der Waals surface area contributed by atoms with Gasteiger partial charge in [-0.1, -0.05) is 11.6 Å². The summed E-state index contributed by atoms with van der Waals surface area (Å²) >= 11 is 5.87. The molecule has 2 amide bonds. The Balaban J connectivity index is 1.53. The van der Waals surface area contributed by atoms with E-state index < -0.39 is 24.3 Å². The van der Waals surface area contributed by atoms with Crippen LogP contribution in [0.5, 0.6) is 11.5 Å². The van der Waals surface area contributed by atoms with Gasteiger partial charge in [0.2, 0.25) is 0 Å². The first-order chi connectivity index (χ1) is 16.2. The van der Waals surface area contributed by atoms with E-state index in [9.17, 15) is 22.8 Å². The molecule has 0 aliphatic rings. The molecule has 0 unspecified atom stereocenters. The number of nitrogens with one attached hydrogen (secondary N) is 2. The molecule has 0 atom stereocenters. The third kappa shape index (κ3) is 6.89. The third-order valence-electron chi connectivity index (χ3n) is 4.48. The lowest BCUT2D eigenvalue weighted by Gasteiger charge is -2.12. The highest BCUT2D eigenvalue weighted by molar-refractivity contribution is 6.33. The number of hydrogen-bond acceptors (Lipinski definition) is 4. The number of halogens is 4. The summed E-state index contributed by atoms with van der Waals surface area (Å²) in [5.74, 6) is -0.0459. The lowest BCUT2D eigenvalue weighted by Crippen LogP contribution is -2.21. The normalized spacial score (nSPS) is 11.0. The molecule has 0 heterocycles. The molecule has 0 radical (unpaired) electrons. The highest BCUT2D eigenvalue weighted by Crippen LogP contribution is 2.33. The summed E-state index contributed by atoms with van der Waals surface area (Å²) in [6.07, 6.45) is -4.57. The molecule has 0 aliphatic heterocycles. The van der Waals surface area contributed by atoms with Gasteiger partial charge < -0.3 is 20.1 Å². The van der Waals surface area contributed by atoms with Crippen LogP contribution in [0, 0.1) is 0 Å². The van der Waals surface area contributed by atoms with Crippen LogP contribution in [0.15, 0.2) is 66.7 Å². The summed E-state index contributed by atoms with van der Waals surface area (Å²) in [7, 11) is 0. The first-order valence-corrected chi connectivity index (χ1v) is 10.5. The number of carbonyl (C=O) groups excluding carboxylic acids is 2. The van der Waals surface area contributed by atoms with E-state index in [0.29, 0.717) is 29.4 Å². The number of rotatable bonds is 8. The molecule has 178 valence electrons. The summed E-state index contributed by atoms with van der Waals surface area (Å²) in [6, 6.07) is 15.6. The maximum absolute atomic E-state index is 12.8. The summed E-state index contributed by atoms with van der Waals surface area (Å²) in [6.45, 7) is 1.95. The zero-order valence-corrected chi connectivity index (χ0v) is 18.7. The second-order valence-electron chi connectivity index (χ2n) is 6.97. The largest absolute Gasteiger partial charge is 0.494 e. The van der Waals surface area contributed by atoms with E-state index >= 15 is 0 Å². The molecule has 3 rings (SSSR count). The van der Waals surface area contributed by atoms with Crippen LogP contribution in [0.25, 0.3) is 0 Å². The van der Waals surface area contributed by atoms with E-state index in [1.807, 2.05) is 6.92 Å². The molecule has 10 heteroatoms. The first kappa shape index (κ1) is 24.9. The van der Waals surface area contributed by atoms with Gasteiger partial charge >= 0.3 is 6.18 Å². The van der Waals surface area contributed by atoms with Crippen molar-refractivity contribution in [1.82, 2.24) is 0 Å². The fourth-order valence-corrected chi connectivity index (χ4v) is 3.00. The van der Waals surface area contributed by atoms with E-state index in [1.165, 1.54) is 24.3 Å². The van der Waals surface area contributed by atoms with Gasteiger partial charge in [-0.3, -0.25) is 9.59 Å². The molecule has 6 nitrogen and oxygen atoms in total. The predicted molar refractivity (Wildman–Crippen MR) is 123 cm³/mol. The van der Waals surface area contributed by atoms with Gasteiger partial charge in [-0.05, 0) is 73.7 Å². The number of benzene rings is 3. The fourth-order valence-electron chi connectivity index (χ4n) is 2.84. The van der Waals surface area contributed by atoms with Crippen molar-refractivity contribution in [1.29, 1.82) is 0 Å². The van der Waals surface area contributed by atoms with Crippen LogP contribution >= 0.6 is 11.6 Å². The smallest absolute Gasteiger partial charge is 0.416 e. The molecule has 3 aromatic carbocycles. The Labute approximate surface area is 198 Å². The Morgan fingerprint density at radius 2 is 1.50 bits per heavy atom. The van der Waals surface area contributed by atoms with Crippen LogP contribution in [0.1, 0.15) is 22.8 Å². The summed E-state index contributed by atoms with van der Waals surface area (Å²) in [5.41, 5.74) is -0.154. The minimum absolute atomic E-state index is 0.0377. The minimum Gasteiger partial charge on any atom is -0.494 e. The molecule has 2 N–H and O–H groups in total. The lowest BCUT2D eigenvalue weighted by atomic mass is 10.2. The molecule has 0 aliphatic carbocycles. The second-order valence-corrected chi connectivity index (χ2v) is 7.37. The highest BCUT2D eigenvalue weighted by Gasteiger charge is 2.31. The Morgan fingerprint density at radius 3 is 2.12 bits per heavy atom. The molecule has 3 aromatic rings. The van der Waals surface area contributed by atoms with E-state index in [4.69, 9.17) is 21.1 Å². The molecule has 0 saturated carbocycles. The quantitative estimate of drug-likeness (QED) is 0.402. The first-order valence-electron chi connectivity index (χ1n) is 10.1. The van der Waals surface area contributed by atoms with Gasteiger partial charge in [0, 0.05) is 11.3 Å². The molecular formula is C24H20ClF3N2O4. The minimum atomic E-state index is -4.57. The molecule has 0 bridgehead atoms. The number of alkyl halides is 3. The molecular weight excluding hydrogens is 473 g/mol. The van der Waals surface area contributed by atoms with Gasteiger partial charge in [-0.2, -0.15) is 13.2 Å². The zero-order valence-electron chi connectivity index (χ0n) is 17.9. The van der Waals surface area contributed by atoms with Gasteiger partial charge in [-0.15, -0.1) is 0 Å². The van der Waals surface area contributed by atoms with Crippen molar-refractivity contribution < 1.29 is 32.2 Å².